The number of imidazole rings is 1. The summed E-state index contributed by atoms with van der Waals surface area (Å²) >= 11 is 0. The van der Waals surface area contributed by atoms with E-state index in [0.29, 0.717) is 34.6 Å². The number of nitrogens with two attached hydrogens (primary N) is 1. The van der Waals surface area contributed by atoms with E-state index in [2.05, 4.69) is 26.8 Å². The zero-order valence-corrected chi connectivity index (χ0v) is 14.4. The summed E-state index contributed by atoms with van der Waals surface area (Å²) in [4.78, 5) is 13.1. The van der Waals surface area contributed by atoms with E-state index in [-0.39, 0.29) is 0 Å². The number of rotatable bonds is 1. The van der Waals surface area contributed by atoms with Crippen LogP contribution in [-0.2, 0) is 6.54 Å². The van der Waals surface area contributed by atoms with Gasteiger partial charge >= 0.3 is 0 Å². The molecule has 0 spiro atoms. The van der Waals surface area contributed by atoms with Crippen LogP contribution in [0.1, 0.15) is 44.9 Å². The maximum absolute atomic E-state index is 11.3. The summed E-state index contributed by atoms with van der Waals surface area (Å²) in [7, 11) is 0. The predicted octanol–water partition coefficient (Wildman–Crippen LogP) is 1.97. The van der Waals surface area contributed by atoms with Crippen molar-refractivity contribution in [2.45, 2.75) is 51.2 Å². The molecular formula is C19H23N5O. The van der Waals surface area contributed by atoms with Gasteiger partial charge in [0.25, 0.3) is 0 Å². The fraction of sp³-hybridized carbons (Fsp3) is 0.632. The van der Waals surface area contributed by atoms with Gasteiger partial charge in [-0.2, -0.15) is 0 Å². The fourth-order valence-corrected chi connectivity index (χ4v) is 5.52. The van der Waals surface area contributed by atoms with Crippen LogP contribution in [0.15, 0.2) is 6.33 Å². The van der Waals surface area contributed by atoms with Crippen LogP contribution in [0.4, 0.5) is 5.82 Å². The van der Waals surface area contributed by atoms with E-state index in [4.69, 9.17) is 5.73 Å². The fourth-order valence-electron chi connectivity index (χ4n) is 5.52. The molecule has 4 saturated carbocycles. The van der Waals surface area contributed by atoms with Crippen LogP contribution >= 0.6 is 0 Å². The molecule has 4 bridgehead atoms. The standard InChI is InChI=1S/C19H23N5O/c1-2-24-10-21-16-17(20)22-15(23-18(16)24)3-4-19(25)13-6-11-5-12(8-13)9-14(19)7-11/h10-14,25H,2,5-9H2,1H3,(H2,20,22,23). The highest BCUT2D eigenvalue weighted by Crippen LogP contribution is 2.58. The molecule has 0 aliphatic heterocycles. The normalized spacial score (nSPS) is 35.8. The molecule has 0 amide bonds. The highest BCUT2D eigenvalue weighted by atomic mass is 16.3. The smallest absolute Gasteiger partial charge is 0.209 e. The summed E-state index contributed by atoms with van der Waals surface area (Å²) in [5, 5.41) is 11.3. The van der Waals surface area contributed by atoms with Crippen LogP contribution in [0.3, 0.4) is 0 Å². The number of hydrogen-bond donors (Lipinski definition) is 2. The molecule has 2 aromatic heterocycles. The molecule has 6 heteroatoms. The van der Waals surface area contributed by atoms with Gasteiger partial charge in [-0.25, -0.2) is 15.0 Å². The molecule has 6 nitrogen and oxygen atoms in total. The van der Waals surface area contributed by atoms with Crippen molar-refractivity contribution in [3.05, 3.63) is 12.2 Å². The first kappa shape index (κ1) is 15.2. The van der Waals surface area contributed by atoms with Gasteiger partial charge in [-0.3, -0.25) is 0 Å². The lowest BCUT2D eigenvalue weighted by Crippen LogP contribution is -2.56. The predicted molar refractivity (Wildman–Crippen MR) is 94.3 cm³/mol. The van der Waals surface area contributed by atoms with Crippen molar-refractivity contribution in [3.63, 3.8) is 0 Å². The highest BCUT2D eigenvalue weighted by molar-refractivity contribution is 5.81. The molecule has 4 aliphatic carbocycles. The number of fused-ring (bicyclic) bond motifs is 1. The van der Waals surface area contributed by atoms with Crippen LogP contribution in [-0.4, -0.2) is 30.2 Å². The third-order valence-corrected chi connectivity index (χ3v) is 6.59. The number of anilines is 1. The van der Waals surface area contributed by atoms with Crippen LogP contribution in [0.25, 0.3) is 11.2 Å². The monoisotopic (exact) mass is 337 g/mol. The van der Waals surface area contributed by atoms with Crippen molar-refractivity contribution in [1.29, 1.82) is 0 Å². The minimum absolute atomic E-state index is 0.304. The summed E-state index contributed by atoms with van der Waals surface area (Å²) in [5.41, 5.74) is 6.46. The maximum Gasteiger partial charge on any atom is 0.209 e. The summed E-state index contributed by atoms with van der Waals surface area (Å²) in [6.45, 7) is 2.79. The molecule has 130 valence electrons. The molecule has 25 heavy (non-hydrogen) atoms. The molecule has 6 rings (SSSR count). The van der Waals surface area contributed by atoms with Gasteiger partial charge in [0.15, 0.2) is 11.5 Å². The minimum Gasteiger partial charge on any atom is -0.382 e. The lowest BCUT2D eigenvalue weighted by atomic mass is 9.50. The SMILES string of the molecule is CCn1cnc2c(N)nc(C#CC3(O)C4CC5CC(C4)CC3C5)nc21. The highest BCUT2D eigenvalue weighted by Gasteiger charge is 2.55. The first-order chi connectivity index (χ1) is 12.1. The number of aromatic nitrogens is 4. The van der Waals surface area contributed by atoms with Crippen molar-refractivity contribution >= 4 is 17.0 Å². The molecule has 4 fully saturated rings. The molecule has 4 aliphatic rings. The Morgan fingerprint density at radius 1 is 1.20 bits per heavy atom. The van der Waals surface area contributed by atoms with E-state index in [1.807, 2.05) is 11.5 Å². The number of aryl methyl sites for hydroxylation is 1. The zero-order chi connectivity index (χ0) is 17.2. The largest absolute Gasteiger partial charge is 0.382 e. The summed E-state index contributed by atoms with van der Waals surface area (Å²) in [5.74, 6) is 9.15. The minimum atomic E-state index is -0.883. The Morgan fingerprint density at radius 2 is 1.88 bits per heavy atom. The van der Waals surface area contributed by atoms with Gasteiger partial charge in [0, 0.05) is 6.54 Å². The van der Waals surface area contributed by atoms with E-state index in [0.717, 1.165) is 44.1 Å². The van der Waals surface area contributed by atoms with Crippen molar-refractivity contribution in [3.8, 4) is 11.8 Å². The summed E-state index contributed by atoms with van der Waals surface area (Å²) < 4.78 is 1.93. The van der Waals surface area contributed by atoms with Gasteiger partial charge in [0.05, 0.1) is 6.33 Å². The van der Waals surface area contributed by atoms with Crippen molar-refractivity contribution in [2.24, 2.45) is 23.7 Å². The molecule has 0 aromatic carbocycles. The Kier molecular flexibility index (Phi) is 3.14. The molecule has 0 atom stereocenters. The van der Waals surface area contributed by atoms with Crippen LogP contribution in [0.5, 0.6) is 0 Å². The molecule has 2 aromatic rings. The van der Waals surface area contributed by atoms with E-state index < -0.39 is 5.60 Å². The van der Waals surface area contributed by atoms with E-state index >= 15 is 0 Å². The van der Waals surface area contributed by atoms with Gasteiger partial charge < -0.3 is 15.4 Å². The van der Waals surface area contributed by atoms with Crippen molar-refractivity contribution in [1.82, 2.24) is 19.5 Å². The number of nitrogens with zero attached hydrogens (tertiary/aromatic N) is 4. The number of aliphatic hydroxyl groups is 1. The lowest BCUT2D eigenvalue weighted by Gasteiger charge is -2.56. The maximum atomic E-state index is 11.3. The second-order valence-corrected chi connectivity index (χ2v) is 8.02. The van der Waals surface area contributed by atoms with Gasteiger partial charge in [0.1, 0.15) is 11.1 Å². The first-order valence-electron chi connectivity index (χ1n) is 9.30. The zero-order valence-electron chi connectivity index (χ0n) is 14.4. The van der Waals surface area contributed by atoms with Gasteiger partial charge in [-0.15, -0.1) is 0 Å². The van der Waals surface area contributed by atoms with Gasteiger partial charge in [-0.05, 0) is 68.6 Å². The second-order valence-electron chi connectivity index (χ2n) is 8.02. The summed E-state index contributed by atoms with van der Waals surface area (Å²) in [6, 6.07) is 0. The molecule has 3 N–H and O–H groups in total. The van der Waals surface area contributed by atoms with Crippen LogP contribution in [0.2, 0.25) is 0 Å². The molecular weight excluding hydrogens is 314 g/mol. The molecule has 0 unspecified atom stereocenters. The third kappa shape index (κ3) is 2.18. The summed E-state index contributed by atoms with van der Waals surface area (Å²) in [6.07, 6.45) is 7.53. The van der Waals surface area contributed by atoms with Gasteiger partial charge in [0.2, 0.25) is 5.82 Å². The average Bonchev–Trinajstić information content (AvgIpc) is 3.01. The van der Waals surface area contributed by atoms with Crippen LogP contribution < -0.4 is 5.73 Å². The Morgan fingerprint density at radius 3 is 2.52 bits per heavy atom. The van der Waals surface area contributed by atoms with Crippen LogP contribution in [0, 0.1) is 35.5 Å². The Hall–Kier alpha value is -2.13. The van der Waals surface area contributed by atoms with E-state index in [1.165, 1.54) is 6.42 Å². The van der Waals surface area contributed by atoms with E-state index in [9.17, 15) is 5.11 Å². The Balaban J connectivity index is 1.53. The van der Waals surface area contributed by atoms with E-state index in [1.54, 1.807) is 6.33 Å². The van der Waals surface area contributed by atoms with Crippen molar-refractivity contribution < 1.29 is 5.11 Å². The first-order valence-corrected chi connectivity index (χ1v) is 9.30. The molecule has 0 saturated heterocycles. The topological polar surface area (TPSA) is 89.9 Å². The lowest BCUT2D eigenvalue weighted by molar-refractivity contribution is -0.136. The average molecular weight is 337 g/mol. The Labute approximate surface area is 146 Å². The third-order valence-electron chi connectivity index (χ3n) is 6.59. The molecule has 2 heterocycles. The Bertz CT molecular complexity index is 878. The van der Waals surface area contributed by atoms with Gasteiger partial charge in [-0.1, -0.05) is 5.92 Å². The molecule has 0 radical (unpaired) electrons. The second kappa shape index (κ2) is 5.18. The number of hydrogen-bond acceptors (Lipinski definition) is 5. The van der Waals surface area contributed by atoms with Crippen molar-refractivity contribution in [2.75, 3.05) is 5.73 Å². The number of nitrogen functional groups attached to an aromatic ring is 1. The quantitative estimate of drug-likeness (QED) is 0.777.